The number of ether oxygens (including phenoxy) is 1. The molecule has 24 heavy (non-hydrogen) atoms. The molecule has 1 aliphatic carbocycles. The van der Waals surface area contributed by atoms with Gasteiger partial charge in [0.15, 0.2) is 11.6 Å². The standard InChI is InChI=1S/C16H19N7O/c1-15(9-22-6-3-16(22)8-11(15)16)24-14(17)21-12-7-13(19-10-18-12)23-5-2-4-20-23/h2,4-5,7,10-11H,3,6,8-9H2,1H3,(H2,17,18,19,21)/t11?,15-,16?/m0/s1. The van der Waals surface area contributed by atoms with Gasteiger partial charge < -0.3 is 10.5 Å². The van der Waals surface area contributed by atoms with E-state index in [0.717, 1.165) is 6.54 Å². The van der Waals surface area contributed by atoms with E-state index in [1.807, 2.05) is 12.3 Å². The van der Waals surface area contributed by atoms with E-state index in [1.165, 1.54) is 25.7 Å². The highest BCUT2D eigenvalue weighted by molar-refractivity contribution is 5.75. The summed E-state index contributed by atoms with van der Waals surface area (Å²) >= 11 is 0. The number of aromatic nitrogens is 4. The van der Waals surface area contributed by atoms with Gasteiger partial charge >= 0.3 is 0 Å². The first-order valence-corrected chi connectivity index (χ1v) is 8.19. The van der Waals surface area contributed by atoms with Crippen LogP contribution in [0.5, 0.6) is 0 Å². The van der Waals surface area contributed by atoms with Crippen LogP contribution in [0, 0.1) is 5.92 Å². The van der Waals surface area contributed by atoms with E-state index in [2.05, 4.69) is 31.9 Å². The molecule has 0 amide bonds. The third-order valence-corrected chi connectivity index (χ3v) is 5.67. The largest absolute Gasteiger partial charge is 0.457 e. The summed E-state index contributed by atoms with van der Waals surface area (Å²) in [4.78, 5) is 15.2. The SMILES string of the molecule is C[C@]1(OC(N)=Nc2cc(-n3cccn3)ncn2)CN2CCC23CC31. The van der Waals surface area contributed by atoms with Gasteiger partial charge in [-0.3, -0.25) is 4.90 Å². The fourth-order valence-corrected chi connectivity index (χ4v) is 4.39. The average Bonchev–Trinajstić information content (AvgIpc) is 3.09. The van der Waals surface area contributed by atoms with Crippen molar-refractivity contribution in [1.29, 1.82) is 0 Å². The minimum atomic E-state index is -0.248. The quantitative estimate of drug-likeness (QED) is 0.664. The third kappa shape index (κ3) is 1.89. The van der Waals surface area contributed by atoms with Crippen LogP contribution >= 0.6 is 0 Å². The van der Waals surface area contributed by atoms with Crippen LogP contribution in [0.25, 0.3) is 5.82 Å². The normalized spacial score (nSPS) is 34.4. The predicted molar refractivity (Wildman–Crippen MR) is 87.0 cm³/mol. The van der Waals surface area contributed by atoms with E-state index >= 15 is 0 Å². The molecule has 8 heteroatoms. The summed E-state index contributed by atoms with van der Waals surface area (Å²) in [6, 6.07) is 3.72. The molecule has 2 saturated heterocycles. The molecule has 8 nitrogen and oxygen atoms in total. The zero-order valence-electron chi connectivity index (χ0n) is 13.5. The first-order chi connectivity index (χ1) is 11.6. The number of nitrogens with two attached hydrogens (primary N) is 1. The average molecular weight is 325 g/mol. The Bertz CT molecular complexity index is 820. The van der Waals surface area contributed by atoms with Gasteiger partial charge in [0.25, 0.3) is 6.02 Å². The molecule has 3 aliphatic rings. The summed E-state index contributed by atoms with van der Waals surface area (Å²) in [6.07, 6.45) is 7.45. The number of amidine groups is 1. The second-order valence-corrected chi connectivity index (χ2v) is 7.08. The molecule has 1 saturated carbocycles. The Hall–Kier alpha value is -2.48. The van der Waals surface area contributed by atoms with Crippen LogP contribution in [-0.2, 0) is 4.74 Å². The molecule has 3 atom stereocenters. The molecular weight excluding hydrogens is 306 g/mol. The molecule has 0 aromatic carbocycles. The number of piperidine rings is 1. The highest BCUT2D eigenvalue weighted by Crippen LogP contribution is 2.67. The fourth-order valence-electron chi connectivity index (χ4n) is 4.39. The van der Waals surface area contributed by atoms with Crippen LogP contribution < -0.4 is 5.73 Å². The maximum atomic E-state index is 6.07. The molecule has 2 aromatic rings. The minimum Gasteiger partial charge on any atom is -0.457 e. The number of rotatable bonds is 3. The number of nitrogens with zero attached hydrogens (tertiary/aromatic N) is 6. The molecule has 1 spiro atoms. The van der Waals surface area contributed by atoms with Gasteiger partial charge in [-0.25, -0.2) is 14.6 Å². The highest BCUT2D eigenvalue weighted by atomic mass is 16.5. The molecule has 4 heterocycles. The molecule has 2 N–H and O–H groups in total. The maximum absolute atomic E-state index is 6.07. The Kier molecular flexibility index (Phi) is 2.63. The van der Waals surface area contributed by atoms with Gasteiger partial charge in [-0.2, -0.15) is 10.1 Å². The fraction of sp³-hybridized carbons (Fsp3) is 0.500. The Morgan fingerprint density at radius 2 is 2.38 bits per heavy atom. The van der Waals surface area contributed by atoms with Gasteiger partial charge in [0.2, 0.25) is 0 Å². The van der Waals surface area contributed by atoms with Crippen molar-refractivity contribution in [2.24, 2.45) is 16.6 Å². The zero-order chi connectivity index (χ0) is 16.4. The lowest BCUT2D eigenvalue weighted by Crippen LogP contribution is -2.49. The smallest absolute Gasteiger partial charge is 0.289 e. The van der Waals surface area contributed by atoms with Crippen LogP contribution in [0.2, 0.25) is 0 Å². The Morgan fingerprint density at radius 3 is 3.00 bits per heavy atom. The Morgan fingerprint density at radius 1 is 1.46 bits per heavy atom. The van der Waals surface area contributed by atoms with Gasteiger partial charge in [0.05, 0.1) is 0 Å². The number of hydrogen-bond acceptors (Lipinski definition) is 6. The molecule has 2 aliphatic heterocycles. The maximum Gasteiger partial charge on any atom is 0.289 e. The number of hydrogen-bond donors (Lipinski definition) is 1. The Labute approximate surface area is 139 Å². The van der Waals surface area contributed by atoms with Gasteiger partial charge in [0.1, 0.15) is 11.9 Å². The van der Waals surface area contributed by atoms with E-state index in [0.29, 0.717) is 23.1 Å². The summed E-state index contributed by atoms with van der Waals surface area (Å²) in [5, 5.41) is 4.15. The molecule has 2 aromatic heterocycles. The number of aliphatic imine (C=N–C) groups is 1. The topological polar surface area (TPSA) is 94.5 Å². The van der Waals surface area contributed by atoms with Crippen molar-refractivity contribution in [3.8, 4) is 5.82 Å². The van der Waals surface area contributed by atoms with Crippen LogP contribution in [-0.4, -0.2) is 54.9 Å². The highest BCUT2D eigenvalue weighted by Gasteiger charge is 2.75. The molecule has 5 rings (SSSR count). The van der Waals surface area contributed by atoms with E-state index in [4.69, 9.17) is 10.5 Å². The summed E-state index contributed by atoms with van der Waals surface area (Å²) in [5.74, 6) is 1.67. The lowest BCUT2D eigenvalue weighted by molar-refractivity contribution is 0.0352. The van der Waals surface area contributed by atoms with Crippen molar-refractivity contribution in [2.75, 3.05) is 13.1 Å². The summed E-state index contributed by atoms with van der Waals surface area (Å²) in [5.41, 5.74) is 6.22. The minimum absolute atomic E-state index is 0.159. The van der Waals surface area contributed by atoms with Crippen LogP contribution in [0.3, 0.4) is 0 Å². The van der Waals surface area contributed by atoms with E-state index in [9.17, 15) is 0 Å². The lowest BCUT2D eigenvalue weighted by Gasteiger charge is -2.39. The van der Waals surface area contributed by atoms with Crippen molar-refractivity contribution < 1.29 is 4.74 Å². The molecule has 3 fully saturated rings. The third-order valence-electron chi connectivity index (χ3n) is 5.67. The monoisotopic (exact) mass is 325 g/mol. The van der Waals surface area contributed by atoms with Gasteiger partial charge in [-0.05, 0) is 25.8 Å². The van der Waals surface area contributed by atoms with Gasteiger partial charge in [-0.15, -0.1) is 0 Å². The van der Waals surface area contributed by atoms with Gasteiger partial charge in [0, 0.05) is 43.0 Å². The van der Waals surface area contributed by atoms with Gasteiger partial charge in [-0.1, -0.05) is 0 Å². The molecule has 0 bridgehead atoms. The zero-order valence-corrected chi connectivity index (χ0v) is 13.5. The lowest BCUT2D eigenvalue weighted by atomic mass is 9.99. The first kappa shape index (κ1) is 13.9. The molecule has 124 valence electrons. The van der Waals surface area contributed by atoms with Crippen LogP contribution in [0.4, 0.5) is 5.82 Å². The summed E-state index contributed by atoms with van der Waals surface area (Å²) in [7, 11) is 0. The van der Waals surface area contributed by atoms with Crippen molar-refractivity contribution in [2.45, 2.75) is 30.9 Å². The summed E-state index contributed by atoms with van der Waals surface area (Å²) in [6.45, 7) is 4.24. The van der Waals surface area contributed by atoms with Crippen molar-refractivity contribution in [3.63, 3.8) is 0 Å². The predicted octanol–water partition coefficient (Wildman–Crippen LogP) is 0.862. The summed E-state index contributed by atoms with van der Waals surface area (Å²) < 4.78 is 7.71. The molecular formula is C16H19N7O. The van der Waals surface area contributed by atoms with Crippen LogP contribution in [0.15, 0.2) is 35.8 Å². The first-order valence-electron chi connectivity index (χ1n) is 8.19. The molecule has 0 radical (unpaired) electrons. The van der Waals surface area contributed by atoms with Crippen LogP contribution in [0.1, 0.15) is 19.8 Å². The van der Waals surface area contributed by atoms with Crippen molar-refractivity contribution in [3.05, 3.63) is 30.9 Å². The second-order valence-electron chi connectivity index (χ2n) is 7.08. The van der Waals surface area contributed by atoms with E-state index in [-0.39, 0.29) is 11.6 Å². The molecule has 2 unspecified atom stereocenters. The van der Waals surface area contributed by atoms with E-state index in [1.54, 1.807) is 16.9 Å². The Balaban J connectivity index is 1.36. The van der Waals surface area contributed by atoms with Crippen molar-refractivity contribution >= 4 is 11.8 Å². The van der Waals surface area contributed by atoms with Crippen molar-refractivity contribution in [1.82, 2.24) is 24.6 Å². The van der Waals surface area contributed by atoms with E-state index < -0.39 is 0 Å². The second kappa shape index (κ2) is 4.54.